The topological polar surface area (TPSA) is 43.8 Å². The lowest BCUT2D eigenvalue weighted by Gasteiger charge is -2.16. The number of rotatable bonds is 3. The van der Waals surface area contributed by atoms with Gasteiger partial charge in [0.05, 0.1) is 23.0 Å². The Balaban J connectivity index is 2.51. The average molecular weight is 268 g/mol. The highest BCUT2D eigenvalue weighted by Crippen LogP contribution is 2.28. The molecular weight excluding hydrogens is 253 g/mol. The minimum atomic E-state index is -0.611. The number of halogens is 2. The van der Waals surface area contributed by atoms with E-state index in [0.717, 1.165) is 0 Å². The van der Waals surface area contributed by atoms with Gasteiger partial charge in [-0.25, -0.2) is 4.39 Å². The van der Waals surface area contributed by atoms with E-state index in [9.17, 15) is 4.39 Å². The molecule has 0 aliphatic heterocycles. The van der Waals surface area contributed by atoms with Gasteiger partial charge >= 0.3 is 0 Å². The molecule has 18 heavy (non-hydrogen) atoms. The quantitative estimate of drug-likeness (QED) is 0.929. The summed E-state index contributed by atoms with van der Waals surface area (Å²) in [6.45, 7) is 4.29. The van der Waals surface area contributed by atoms with Gasteiger partial charge in [-0.1, -0.05) is 29.8 Å². The van der Waals surface area contributed by atoms with Crippen LogP contribution in [0.3, 0.4) is 0 Å². The van der Waals surface area contributed by atoms with Crippen molar-refractivity contribution >= 4 is 11.6 Å². The number of hydrogen-bond acceptors (Lipinski definition) is 2. The van der Waals surface area contributed by atoms with Crippen LogP contribution >= 0.6 is 11.6 Å². The number of aromatic nitrogens is 2. The molecular formula is C13H15ClFN3. The molecule has 0 amide bonds. The number of hydrogen-bond donors (Lipinski definition) is 1. The maximum absolute atomic E-state index is 14.1. The van der Waals surface area contributed by atoms with Crippen molar-refractivity contribution in [3.63, 3.8) is 0 Å². The Morgan fingerprint density at radius 2 is 2.22 bits per heavy atom. The van der Waals surface area contributed by atoms with Crippen LogP contribution in [0.1, 0.15) is 29.8 Å². The average Bonchev–Trinajstić information content (AvgIpc) is 2.73. The van der Waals surface area contributed by atoms with E-state index >= 15 is 0 Å². The molecule has 3 nitrogen and oxygen atoms in total. The summed E-state index contributed by atoms with van der Waals surface area (Å²) in [5.41, 5.74) is 7.77. The second-order valence-electron chi connectivity index (χ2n) is 4.15. The number of nitrogens with zero attached hydrogens (tertiary/aromatic N) is 2. The molecule has 1 heterocycles. The van der Waals surface area contributed by atoms with Crippen LogP contribution in [0.25, 0.3) is 0 Å². The van der Waals surface area contributed by atoms with Crippen molar-refractivity contribution in [1.82, 2.24) is 9.78 Å². The number of benzene rings is 1. The molecule has 1 aromatic heterocycles. The normalized spacial score (nSPS) is 12.7. The van der Waals surface area contributed by atoms with Gasteiger partial charge in [-0.3, -0.25) is 4.68 Å². The van der Waals surface area contributed by atoms with E-state index in [4.69, 9.17) is 17.3 Å². The van der Waals surface area contributed by atoms with Crippen molar-refractivity contribution in [1.29, 1.82) is 0 Å². The summed E-state index contributed by atoms with van der Waals surface area (Å²) in [5, 5.41) is 4.58. The Bertz CT molecular complexity index is 565. The molecule has 1 aromatic carbocycles. The first kappa shape index (κ1) is 13.1. The molecule has 1 unspecified atom stereocenters. The largest absolute Gasteiger partial charge is 0.319 e. The van der Waals surface area contributed by atoms with Crippen molar-refractivity contribution < 1.29 is 4.39 Å². The standard InChI is InChI=1S/C13H15ClFN3/c1-3-18-13(10(14)7-17-18)12(16)9-6-4-5-8(2)11(9)15/h4-7,12H,3,16H2,1-2H3. The lowest BCUT2D eigenvalue weighted by molar-refractivity contribution is 0.563. The van der Waals surface area contributed by atoms with Crippen LogP contribution in [0.5, 0.6) is 0 Å². The predicted octanol–water partition coefficient (Wildman–Crippen LogP) is 3.05. The number of aryl methyl sites for hydroxylation is 2. The zero-order valence-corrected chi connectivity index (χ0v) is 11.1. The minimum Gasteiger partial charge on any atom is -0.319 e. The Hall–Kier alpha value is -1.39. The fourth-order valence-corrected chi connectivity index (χ4v) is 2.25. The van der Waals surface area contributed by atoms with Gasteiger partial charge in [0.1, 0.15) is 5.82 Å². The van der Waals surface area contributed by atoms with E-state index in [1.165, 1.54) is 6.20 Å². The van der Waals surface area contributed by atoms with E-state index in [2.05, 4.69) is 5.10 Å². The molecule has 2 aromatic rings. The Morgan fingerprint density at radius 1 is 1.50 bits per heavy atom. The molecule has 0 radical (unpaired) electrons. The summed E-state index contributed by atoms with van der Waals surface area (Å²) in [6, 6.07) is 4.56. The van der Waals surface area contributed by atoms with Crippen molar-refractivity contribution in [3.05, 3.63) is 52.1 Å². The summed E-state index contributed by atoms with van der Waals surface area (Å²) in [6.07, 6.45) is 1.54. The molecule has 0 spiro atoms. The third-order valence-corrected chi connectivity index (χ3v) is 3.28. The maximum Gasteiger partial charge on any atom is 0.131 e. The van der Waals surface area contributed by atoms with E-state index in [0.29, 0.717) is 28.4 Å². The highest BCUT2D eigenvalue weighted by atomic mass is 35.5. The van der Waals surface area contributed by atoms with Crippen LogP contribution < -0.4 is 5.73 Å². The summed E-state index contributed by atoms with van der Waals surface area (Å²) in [5.74, 6) is -0.287. The second-order valence-corrected chi connectivity index (χ2v) is 4.56. The van der Waals surface area contributed by atoms with Crippen LogP contribution in [0.15, 0.2) is 24.4 Å². The summed E-state index contributed by atoms with van der Waals surface area (Å²) >= 11 is 6.07. The van der Waals surface area contributed by atoms with Crippen LogP contribution in [0.2, 0.25) is 5.02 Å². The molecule has 0 bridgehead atoms. The lowest BCUT2D eigenvalue weighted by atomic mass is 10.0. The molecule has 0 saturated carbocycles. The molecule has 0 fully saturated rings. The van der Waals surface area contributed by atoms with E-state index in [-0.39, 0.29) is 5.82 Å². The zero-order chi connectivity index (χ0) is 13.3. The molecule has 0 aliphatic rings. The van der Waals surface area contributed by atoms with Gasteiger partial charge in [0, 0.05) is 12.1 Å². The Kier molecular flexibility index (Phi) is 3.68. The monoisotopic (exact) mass is 267 g/mol. The first-order chi connectivity index (χ1) is 8.56. The smallest absolute Gasteiger partial charge is 0.131 e. The van der Waals surface area contributed by atoms with E-state index < -0.39 is 6.04 Å². The van der Waals surface area contributed by atoms with Crippen molar-refractivity contribution in [3.8, 4) is 0 Å². The van der Waals surface area contributed by atoms with Gasteiger partial charge < -0.3 is 5.73 Å². The molecule has 1 atom stereocenters. The first-order valence-corrected chi connectivity index (χ1v) is 6.15. The fraction of sp³-hybridized carbons (Fsp3) is 0.308. The third kappa shape index (κ3) is 2.13. The molecule has 96 valence electrons. The molecule has 2 rings (SSSR count). The Morgan fingerprint density at radius 3 is 2.89 bits per heavy atom. The summed E-state index contributed by atoms with van der Waals surface area (Å²) in [4.78, 5) is 0. The fourth-order valence-electron chi connectivity index (χ4n) is 1.99. The van der Waals surface area contributed by atoms with Crippen molar-refractivity contribution in [2.24, 2.45) is 5.73 Å². The first-order valence-electron chi connectivity index (χ1n) is 5.78. The molecule has 5 heteroatoms. The maximum atomic E-state index is 14.1. The van der Waals surface area contributed by atoms with Crippen LogP contribution in [-0.2, 0) is 6.54 Å². The Labute approximate surface area is 110 Å². The van der Waals surface area contributed by atoms with Gasteiger partial charge in [0.2, 0.25) is 0 Å². The summed E-state index contributed by atoms with van der Waals surface area (Å²) in [7, 11) is 0. The van der Waals surface area contributed by atoms with Crippen LogP contribution in [0.4, 0.5) is 4.39 Å². The van der Waals surface area contributed by atoms with Crippen LogP contribution in [0, 0.1) is 12.7 Å². The van der Waals surface area contributed by atoms with Crippen molar-refractivity contribution in [2.45, 2.75) is 26.4 Å². The molecule has 2 N–H and O–H groups in total. The predicted molar refractivity (Wildman–Crippen MR) is 70.1 cm³/mol. The highest BCUT2D eigenvalue weighted by Gasteiger charge is 2.21. The van der Waals surface area contributed by atoms with E-state index in [1.807, 2.05) is 6.92 Å². The van der Waals surface area contributed by atoms with Crippen LogP contribution in [-0.4, -0.2) is 9.78 Å². The minimum absolute atomic E-state index is 0.287. The molecule has 0 aliphatic carbocycles. The summed E-state index contributed by atoms with van der Waals surface area (Å²) < 4.78 is 15.7. The highest BCUT2D eigenvalue weighted by molar-refractivity contribution is 6.31. The van der Waals surface area contributed by atoms with Gasteiger partial charge in [-0.05, 0) is 19.4 Å². The number of nitrogens with two attached hydrogens (primary N) is 1. The second kappa shape index (κ2) is 5.08. The van der Waals surface area contributed by atoms with E-state index in [1.54, 1.807) is 29.8 Å². The third-order valence-electron chi connectivity index (χ3n) is 2.98. The zero-order valence-electron chi connectivity index (χ0n) is 10.3. The lowest BCUT2D eigenvalue weighted by Crippen LogP contribution is -2.19. The van der Waals surface area contributed by atoms with Gasteiger partial charge in [0.25, 0.3) is 0 Å². The SMILES string of the molecule is CCn1ncc(Cl)c1C(N)c1cccc(C)c1F. The molecule has 0 saturated heterocycles. The van der Waals surface area contributed by atoms with Gasteiger partial charge in [-0.15, -0.1) is 0 Å². The van der Waals surface area contributed by atoms with Crippen molar-refractivity contribution in [2.75, 3.05) is 0 Å². The van der Waals surface area contributed by atoms with Gasteiger partial charge in [0.15, 0.2) is 0 Å². The van der Waals surface area contributed by atoms with Gasteiger partial charge in [-0.2, -0.15) is 5.10 Å².